The van der Waals surface area contributed by atoms with E-state index >= 15 is 0 Å². The van der Waals surface area contributed by atoms with Gasteiger partial charge in [-0.15, -0.1) is 0 Å². The first-order valence-electron chi connectivity index (χ1n) is 7.86. The molecule has 0 aromatic heterocycles. The molecule has 5 heteroatoms. The fourth-order valence-electron chi connectivity index (χ4n) is 2.28. The van der Waals surface area contributed by atoms with E-state index in [-0.39, 0.29) is 11.8 Å². The van der Waals surface area contributed by atoms with Crippen LogP contribution in [0.3, 0.4) is 0 Å². The number of ether oxygens (including phenoxy) is 1. The van der Waals surface area contributed by atoms with Crippen molar-refractivity contribution in [3.63, 3.8) is 0 Å². The Bertz CT molecular complexity index is 713. The Morgan fingerprint density at radius 2 is 1.83 bits per heavy atom. The standard InChI is InChI=1S/C19H22N2O3/c1-14-7-3-4-10-17(14)19(23)21-16-9-5-8-15(13-16)18(22)20-11-6-12-24-2/h3-5,7-10,13H,6,11-12H2,1-2H3,(H,20,22)(H,21,23). The van der Waals surface area contributed by atoms with E-state index in [1.807, 2.05) is 25.1 Å². The van der Waals surface area contributed by atoms with Crippen LogP contribution in [0.15, 0.2) is 48.5 Å². The first kappa shape index (κ1) is 17.7. The molecule has 0 aliphatic rings. The van der Waals surface area contributed by atoms with Crippen LogP contribution < -0.4 is 10.6 Å². The average Bonchev–Trinajstić information content (AvgIpc) is 2.59. The van der Waals surface area contributed by atoms with Gasteiger partial charge in [0.05, 0.1) is 0 Å². The zero-order valence-corrected chi connectivity index (χ0v) is 14.0. The first-order chi connectivity index (χ1) is 11.6. The lowest BCUT2D eigenvalue weighted by molar-refractivity contribution is 0.0947. The molecule has 0 atom stereocenters. The molecule has 0 bridgehead atoms. The Balaban J connectivity index is 2.01. The van der Waals surface area contributed by atoms with E-state index in [2.05, 4.69) is 10.6 Å². The number of nitrogens with one attached hydrogen (secondary N) is 2. The Kier molecular flexibility index (Phi) is 6.51. The van der Waals surface area contributed by atoms with Crippen LogP contribution in [0.25, 0.3) is 0 Å². The molecule has 0 aliphatic carbocycles. The Hall–Kier alpha value is -2.66. The molecule has 2 aromatic carbocycles. The second-order valence-corrected chi connectivity index (χ2v) is 5.45. The molecule has 0 fully saturated rings. The summed E-state index contributed by atoms with van der Waals surface area (Å²) in [6.07, 6.45) is 0.756. The van der Waals surface area contributed by atoms with Gasteiger partial charge in [0.1, 0.15) is 0 Å². The number of hydrogen-bond acceptors (Lipinski definition) is 3. The van der Waals surface area contributed by atoms with Crippen LogP contribution in [0.2, 0.25) is 0 Å². The smallest absolute Gasteiger partial charge is 0.255 e. The van der Waals surface area contributed by atoms with E-state index in [0.29, 0.717) is 30.0 Å². The topological polar surface area (TPSA) is 67.4 Å². The Labute approximate surface area is 142 Å². The van der Waals surface area contributed by atoms with E-state index in [1.165, 1.54) is 0 Å². The minimum atomic E-state index is -0.189. The van der Waals surface area contributed by atoms with Crippen molar-refractivity contribution >= 4 is 17.5 Å². The van der Waals surface area contributed by atoms with Crippen LogP contribution in [0.1, 0.15) is 32.7 Å². The van der Waals surface area contributed by atoms with Crippen LogP contribution in [0.5, 0.6) is 0 Å². The number of carbonyl (C=O) groups excluding carboxylic acids is 2. The van der Waals surface area contributed by atoms with Crippen molar-refractivity contribution in [3.8, 4) is 0 Å². The zero-order valence-electron chi connectivity index (χ0n) is 14.0. The molecule has 0 saturated heterocycles. The molecule has 0 spiro atoms. The SMILES string of the molecule is COCCCNC(=O)c1cccc(NC(=O)c2ccccc2C)c1. The molecule has 2 aromatic rings. The van der Waals surface area contributed by atoms with Gasteiger partial charge in [0.25, 0.3) is 11.8 Å². The summed E-state index contributed by atoms with van der Waals surface area (Å²) in [5.41, 5.74) is 2.62. The summed E-state index contributed by atoms with van der Waals surface area (Å²) in [6.45, 7) is 3.04. The second kappa shape index (κ2) is 8.84. The maximum absolute atomic E-state index is 12.3. The van der Waals surface area contributed by atoms with Gasteiger partial charge in [0, 0.05) is 37.1 Å². The highest BCUT2D eigenvalue weighted by Crippen LogP contribution is 2.14. The Morgan fingerprint density at radius 1 is 1.04 bits per heavy atom. The summed E-state index contributed by atoms with van der Waals surface area (Å²) in [4.78, 5) is 24.4. The molecule has 0 radical (unpaired) electrons. The second-order valence-electron chi connectivity index (χ2n) is 5.45. The number of hydrogen-bond donors (Lipinski definition) is 2. The van der Waals surface area contributed by atoms with Crippen molar-refractivity contribution in [2.75, 3.05) is 25.6 Å². The molecule has 0 saturated carbocycles. The molecule has 0 heterocycles. The van der Waals surface area contributed by atoms with Gasteiger partial charge in [-0.2, -0.15) is 0 Å². The molecule has 2 amide bonds. The highest BCUT2D eigenvalue weighted by atomic mass is 16.5. The van der Waals surface area contributed by atoms with Crippen molar-refractivity contribution in [3.05, 3.63) is 65.2 Å². The number of rotatable bonds is 7. The van der Waals surface area contributed by atoms with Crippen LogP contribution in [0.4, 0.5) is 5.69 Å². The van der Waals surface area contributed by atoms with Crippen LogP contribution in [-0.2, 0) is 4.74 Å². The highest BCUT2D eigenvalue weighted by molar-refractivity contribution is 6.06. The lowest BCUT2D eigenvalue weighted by atomic mass is 10.1. The fourth-order valence-corrected chi connectivity index (χ4v) is 2.28. The molecular formula is C19H22N2O3. The van der Waals surface area contributed by atoms with Gasteiger partial charge in [0.2, 0.25) is 0 Å². The van der Waals surface area contributed by atoms with Crippen molar-refractivity contribution in [2.24, 2.45) is 0 Å². The summed E-state index contributed by atoms with van der Waals surface area (Å²) in [5, 5.41) is 5.66. The molecule has 2 rings (SSSR count). The van der Waals surface area contributed by atoms with Gasteiger partial charge in [-0.3, -0.25) is 9.59 Å². The molecule has 0 aliphatic heterocycles. The third-order valence-corrected chi connectivity index (χ3v) is 3.58. The predicted octanol–water partition coefficient (Wildman–Crippen LogP) is 3.01. The third-order valence-electron chi connectivity index (χ3n) is 3.58. The van der Waals surface area contributed by atoms with E-state index in [1.54, 1.807) is 37.4 Å². The highest BCUT2D eigenvalue weighted by Gasteiger charge is 2.10. The summed E-state index contributed by atoms with van der Waals surface area (Å²) < 4.78 is 4.95. The zero-order chi connectivity index (χ0) is 17.4. The van der Waals surface area contributed by atoms with Crippen LogP contribution in [-0.4, -0.2) is 32.1 Å². The Morgan fingerprint density at radius 3 is 2.58 bits per heavy atom. The summed E-state index contributed by atoms with van der Waals surface area (Å²) in [6, 6.07) is 14.3. The summed E-state index contributed by atoms with van der Waals surface area (Å²) in [5.74, 6) is -0.358. The number of aryl methyl sites for hydroxylation is 1. The first-order valence-corrected chi connectivity index (χ1v) is 7.86. The normalized spacial score (nSPS) is 10.2. The minimum absolute atomic E-state index is 0.168. The molecule has 24 heavy (non-hydrogen) atoms. The number of methoxy groups -OCH3 is 1. The fraction of sp³-hybridized carbons (Fsp3) is 0.263. The van der Waals surface area contributed by atoms with Gasteiger partial charge in [0.15, 0.2) is 0 Å². The monoisotopic (exact) mass is 326 g/mol. The maximum Gasteiger partial charge on any atom is 0.255 e. The van der Waals surface area contributed by atoms with E-state index in [9.17, 15) is 9.59 Å². The molecule has 5 nitrogen and oxygen atoms in total. The van der Waals surface area contributed by atoms with E-state index in [4.69, 9.17) is 4.74 Å². The van der Waals surface area contributed by atoms with Crippen molar-refractivity contribution in [2.45, 2.75) is 13.3 Å². The number of anilines is 1. The third kappa shape index (κ3) is 4.93. The number of amides is 2. The largest absolute Gasteiger partial charge is 0.385 e. The van der Waals surface area contributed by atoms with Gasteiger partial charge >= 0.3 is 0 Å². The van der Waals surface area contributed by atoms with Crippen molar-refractivity contribution in [1.29, 1.82) is 0 Å². The van der Waals surface area contributed by atoms with Gasteiger partial charge in [-0.25, -0.2) is 0 Å². The summed E-state index contributed by atoms with van der Waals surface area (Å²) >= 11 is 0. The molecule has 126 valence electrons. The van der Waals surface area contributed by atoms with Crippen LogP contribution in [0, 0.1) is 6.92 Å². The molecule has 2 N–H and O–H groups in total. The lowest BCUT2D eigenvalue weighted by Gasteiger charge is -2.09. The maximum atomic E-state index is 12.3. The van der Waals surface area contributed by atoms with Crippen LogP contribution >= 0.6 is 0 Å². The van der Waals surface area contributed by atoms with Gasteiger partial charge < -0.3 is 15.4 Å². The van der Waals surface area contributed by atoms with Gasteiger partial charge in [-0.05, 0) is 43.2 Å². The van der Waals surface area contributed by atoms with E-state index < -0.39 is 0 Å². The average molecular weight is 326 g/mol. The van der Waals surface area contributed by atoms with Crippen molar-refractivity contribution in [1.82, 2.24) is 5.32 Å². The minimum Gasteiger partial charge on any atom is -0.385 e. The number of carbonyl (C=O) groups is 2. The molecule has 0 unspecified atom stereocenters. The lowest BCUT2D eigenvalue weighted by Crippen LogP contribution is -2.25. The predicted molar refractivity (Wildman–Crippen MR) is 94.4 cm³/mol. The number of benzene rings is 2. The van der Waals surface area contributed by atoms with E-state index in [0.717, 1.165) is 12.0 Å². The quantitative estimate of drug-likeness (QED) is 0.769. The summed E-state index contributed by atoms with van der Waals surface area (Å²) in [7, 11) is 1.63. The van der Waals surface area contributed by atoms with Gasteiger partial charge in [-0.1, -0.05) is 24.3 Å². The molecular weight excluding hydrogens is 304 g/mol. The van der Waals surface area contributed by atoms with Crippen molar-refractivity contribution < 1.29 is 14.3 Å².